The van der Waals surface area contributed by atoms with E-state index in [2.05, 4.69) is 39.9 Å². The van der Waals surface area contributed by atoms with E-state index in [0.717, 1.165) is 17.9 Å². The van der Waals surface area contributed by atoms with Crippen molar-refractivity contribution in [3.8, 4) is 5.75 Å². The summed E-state index contributed by atoms with van der Waals surface area (Å²) in [5, 5.41) is 3.53. The third-order valence-electron chi connectivity index (χ3n) is 5.42. The van der Waals surface area contributed by atoms with Crippen LogP contribution in [0.2, 0.25) is 0 Å². The molecule has 2 nitrogen and oxygen atoms in total. The van der Waals surface area contributed by atoms with Crippen LogP contribution in [0.4, 0.5) is 4.39 Å². The van der Waals surface area contributed by atoms with Crippen molar-refractivity contribution in [2.24, 2.45) is 16.7 Å². The van der Waals surface area contributed by atoms with E-state index in [1.54, 1.807) is 19.2 Å². The molecule has 1 N–H and O–H groups in total. The summed E-state index contributed by atoms with van der Waals surface area (Å²) in [5.41, 5.74) is 1.40. The zero-order valence-corrected chi connectivity index (χ0v) is 13.4. The van der Waals surface area contributed by atoms with Gasteiger partial charge in [0.25, 0.3) is 0 Å². The van der Waals surface area contributed by atoms with Gasteiger partial charge >= 0.3 is 0 Å². The highest BCUT2D eigenvalue weighted by Gasteiger charge is 2.67. The largest absolute Gasteiger partial charge is 0.496 e. The van der Waals surface area contributed by atoms with E-state index in [9.17, 15) is 4.39 Å². The Balaban J connectivity index is 2.43. The number of benzene rings is 1. The predicted octanol–water partition coefficient (Wildman–Crippen LogP) is 4.17. The molecule has 0 radical (unpaired) electrons. The minimum atomic E-state index is -0.208. The van der Waals surface area contributed by atoms with Crippen molar-refractivity contribution in [2.45, 2.75) is 40.7 Å². The standard InChI is InChI=1S/C17H26FNO/c1-7-19-14(15-16(2,3)17(15,4)5)12-10-11(18)8-9-13(12)20-6/h8-10,14-15,19H,7H2,1-6H3. The second kappa shape index (κ2) is 5.03. The molecule has 20 heavy (non-hydrogen) atoms. The first-order chi connectivity index (χ1) is 9.27. The molecule has 1 aliphatic rings. The van der Waals surface area contributed by atoms with E-state index in [-0.39, 0.29) is 22.7 Å². The van der Waals surface area contributed by atoms with E-state index in [1.807, 2.05) is 0 Å². The number of ether oxygens (including phenoxy) is 1. The lowest BCUT2D eigenvalue weighted by atomic mass is 9.95. The lowest BCUT2D eigenvalue weighted by molar-refractivity contribution is 0.372. The average Bonchev–Trinajstić information content (AvgIpc) is 2.77. The Morgan fingerprint density at radius 2 is 1.85 bits per heavy atom. The molecule has 112 valence electrons. The normalized spacial score (nSPS) is 21.6. The molecule has 0 amide bonds. The molecule has 1 unspecified atom stereocenters. The topological polar surface area (TPSA) is 21.3 Å². The van der Waals surface area contributed by atoms with Crippen LogP contribution in [0.3, 0.4) is 0 Å². The number of hydrogen-bond acceptors (Lipinski definition) is 2. The summed E-state index contributed by atoms with van der Waals surface area (Å²) in [6.07, 6.45) is 0. The van der Waals surface area contributed by atoms with Crippen LogP contribution in [0.15, 0.2) is 18.2 Å². The minimum absolute atomic E-state index is 0.121. The van der Waals surface area contributed by atoms with Gasteiger partial charge in [0.2, 0.25) is 0 Å². The number of hydrogen-bond donors (Lipinski definition) is 1. The number of rotatable bonds is 5. The number of nitrogens with one attached hydrogen (secondary N) is 1. The van der Waals surface area contributed by atoms with Crippen molar-refractivity contribution in [2.75, 3.05) is 13.7 Å². The Morgan fingerprint density at radius 3 is 2.30 bits per heavy atom. The third-order valence-corrected chi connectivity index (χ3v) is 5.42. The molecule has 0 bridgehead atoms. The quantitative estimate of drug-likeness (QED) is 0.873. The van der Waals surface area contributed by atoms with Gasteiger partial charge in [-0.2, -0.15) is 0 Å². The van der Waals surface area contributed by atoms with Gasteiger partial charge in [-0.3, -0.25) is 0 Å². The molecule has 3 heteroatoms. The minimum Gasteiger partial charge on any atom is -0.496 e. The Labute approximate surface area is 121 Å². The summed E-state index contributed by atoms with van der Waals surface area (Å²) in [5.74, 6) is 1.02. The summed E-state index contributed by atoms with van der Waals surface area (Å²) in [6.45, 7) is 12.1. The maximum Gasteiger partial charge on any atom is 0.123 e. The summed E-state index contributed by atoms with van der Waals surface area (Å²) in [4.78, 5) is 0. The van der Waals surface area contributed by atoms with Crippen molar-refractivity contribution in [3.63, 3.8) is 0 Å². The highest BCUT2D eigenvalue weighted by Crippen LogP contribution is 2.72. The average molecular weight is 279 g/mol. The second-order valence-electron chi connectivity index (χ2n) is 6.84. The van der Waals surface area contributed by atoms with Gasteiger partial charge in [-0.05, 0) is 41.5 Å². The fraction of sp³-hybridized carbons (Fsp3) is 0.647. The molecular formula is C17H26FNO. The lowest BCUT2D eigenvalue weighted by Crippen LogP contribution is -2.25. The van der Waals surface area contributed by atoms with E-state index in [1.165, 1.54) is 6.07 Å². The Kier molecular flexibility index (Phi) is 3.85. The second-order valence-corrected chi connectivity index (χ2v) is 6.84. The van der Waals surface area contributed by atoms with Gasteiger partial charge in [0.05, 0.1) is 7.11 Å². The predicted molar refractivity (Wildman–Crippen MR) is 80.4 cm³/mol. The van der Waals surface area contributed by atoms with Gasteiger partial charge in [0.1, 0.15) is 11.6 Å². The molecule has 0 spiro atoms. The van der Waals surface area contributed by atoms with Gasteiger partial charge in [0.15, 0.2) is 0 Å². The monoisotopic (exact) mass is 279 g/mol. The molecular weight excluding hydrogens is 253 g/mol. The van der Waals surface area contributed by atoms with Crippen molar-refractivity contribution >= 4 is 0 Å². The first-order valence-electron chi connectivity index (χ1n) is 7.34. The van der Waals surface area contributed by atoms with Crippen LogP contribution >= 0.6 is 0 Å². The molecule has 1 saturated carbocycles. The summed E-state index contributed by atoms with van der Waals surface area (Å²) >= 11 is 0. The Hall–Kier alpha value is -1.09. The molecule has 1 aromatic carbocycles. The fourth-order valence-corrected chi connectivity index (χ4v) is 3.66. The van der Waals surface area contributed by atoms with E-state index >= 15 is 0 Å². The molecule has 1 atom stereocenters. The summed E-state index contributed by atoms with van der Waals surface area (Å²) in [7, 11) is 1.64. The van der Waals surface area contributed by atoms with Gasteiger partial charge in [-0.1, -0.05) is 34.6 Å². The number of methoxy groups -OCH3 is 1. The van der Waals surface area contributed by atoms with Crippen molar-refractivity contribution in [1.82, 2.24) is 5.32 Å². The van der Waals surface area contributed by atoms with Crippen LogP contribution in [0.5, 0.6) is 5.75 Å². The first kappa shape index (κ1) is 15.3. The van der Waals surface area contributed by atoms with E-state index in [0.29, 0.717) is 5.92 Å². The van der Waals surface area contributed by atoms with Crippen LogP contribution in [0.25, 0.3) is 0 Å². The van der Waals surface area contributed by atoms with Gasteiger partial charge in [-0.15, -0.1) is 0 Å². The fourth-order valence-electron chi connectivity index (χ4n) is 3.66. The molecule has 1 fully saturated rings. The Bertz CT molecular complexity index is 482. The highest BCUT2D eigenvalue weighted by molar-refractivity contribution is 5.39. The van der Waals surface area contributed by atoms with Crippen molar-refractivity contribution in [1.29, 1.82) is 0 Å². The SMILES string of the molecule is CCNC(c1cc(F)ccc1OC)C1C(C)(C)C1(C)C. The zero-order chi connectivity index (χ0) is 15.1. The molecule has 0 saturated heterocycles. The maximum atomic E-state index is 13.7. The van der Waals surface area contributed by atoms with Gasteiger partial charge in [-0.25, -0.2) is 4.39 Å². The number of halogens is 1. The highest BCUT2D eigenvalue weighted by atomic mass is 19.1. The molecule has 2 rings (SSSR count). The van der Waals surface area contributed by atoms with Crippen LogP contribution in [0.1, 0.15) is 46.2 Å². The van der Waals surface area contributed by atoms with Crippen molar-refractivity contribution < 1.29 is 9.13 Å². The lowest BCUT2D eigenvalue weighted by Gasteiger charge is -2.23. The van der Waals surface area contributed by atoms with Crippen LogP contribution in [0, 0.1) is 22.6 Å². The first-order valence-corrected chi connectivity index (χ1v) is 7.34. The van der Waals surface area contributed by atoms with Crippen LogP contribution in [-0.2, 0) is 0 Å². The van der Waals surface area contributed by atoms with Crippen molar-refractivity contribution in [3.05, 3.63) is 29.6 Å². The third kappa shape index (κ3) is 2.22. The molecule has 0 heterocycles. The van der Waals surface area contributed by atoms with E-state index in [4.69, 9.17) is 4.74 Å². The zero-order valence-electron chi connectivity index (χ0n) is 13.4. The molecule has 1 aromatic rings. The molecule has 0 aliphatic heterocycles. The van der Waals surface area contributed by atoms with Crippen LogP contribution in [-0.4, -0.2) is 13.7 Å². The Morgan fingerprint density at radius 1 is 1.25 bits per heavy atom. The van der Waals surface area contributed by atoms with Gasteiger partial charge < -0.3 is 10.1 Å². The maximum absolute atomic E-state index is 13.7. The van der Waals surface area contributed by atoms with Crippen LogP contribution < -0.4 is 10.1 Å². The summed E-state index contributed by atoms with van der Waals surface area (Å²) < 4.78 is 19.1. The smallest absolute Gasteiger partial charge is 0.123 e. The van der Waals surface area contributed by atoms with E-state index < -0.39 is 0 Å². The molecule has 0 aromatic heterocycles. The van der Waals surface area contributed by atoms with Gasteiger partial charge in [0, 0.05) is 11.6 Å². The molecule has 1 aliphatic carbocycles. The summed E-state index contributed by atoms with van der Waals surface area (Å²) in [6, 6.07) is 4.90.